The molecule has 19 heavy (non-hydrogen) atoms. The van der Waals surface area contributed by atoms with E-state index in [0.29, 0.717) is 11.6 Å². The number of hydrogen-bond donors (Lipinski definition) is 1. The summed E-state index contributed by atoms with van der Waals surface area (Å²) in [5, 5.41) is 0. The summed E-state index contributed by atoms with van der Waals surface area (Å²) in [4.78, 5) is 18.3. The lowest BCUT2D eigenvalue weighted by Crippen LogP contribution is -1.96. The second-order valence-corrected chi connectivity index (χ2v) is 4.22. The molecule has 2 aromatic rings. The zero-order valence-corrected chi connectivity index (χ0v) is 11.4. The molecule has 0 radical (unpaired) electrons. The van der Waals surface area contributed by atoms with Crippen LogP contribution in [0.3, 0.4) is 0 Å². The first-order valence-corrected chi connectivity index (χ1v) is 5.85. The molecule has 0 atom stereocenters. The zero-order valence-electron chi connectivity index (χ0n) is 11.4. The van der Waals surface area contributed by atoms with Gasteiger partial charge in [-0.1, -0.05) is 0 Å². The highest BCUT2D eigenvalue weighted by Gasteiger charge is 2.15. The summed E-state index contributed by atoms with van der Waals surface area (Å²) in [6.45, 7) is 3.43. The Morgan fingerprint density at radius 3 is 2.53 bits per heavy atom. The van der Waals surface area contributed by atoms with E-state index in [1.165, 1.54) is 6.92 Å². The largest absolute Gasteiger partial charge is 0.497 e. The van der Waals surface area contributed by atoms with Crippen LogP contribution < -0.4 is 9.47 Å². The highest BCUT2D eigenvalue weighted by molar-refractivity contribution is 5.91. The maximum Gasteiger partial charge on any atom is 0.194 e. The molecule has 0 spiro atoms. The topological polar surface area (TPSA) is 64.2 Å². The third-order valence-electron chi connectivity index (χ3n) is 2.91. The molecule has 1 aromatic carbocycles. The van der Waals surface area contributed by atoms with Crippen molar-refractivity contribution in [2.75, 3.05) is 14.2 Å². The minimum absolute atomic E-state index is 0.101. The number of nitrogens with one attached hydrogen (secondary N) is 1. The summed E-state index contributed by atoms with van der Waals surface area (Å²) in [5.41, 5.74) is 2.61. The number of methoxy groups -OCH3 is 2. The second kappa shape index (κ2) is 5.14. The highest BCUT2D eigenvalue weighted by atomic mass is 16.5. The molecule has 0 amide bonds. The molecule has 0 aliphatic rings. The van der Waals surface area contributed by atoms with Crippen LogP contribution >= 0.6 is 0 Å². The minimum Gasteiger partial charge on any atom is -0.497 e. The molecule has 1 N–H and O–H groups in total. The van der Waals surface area contributed by atoms with Crippen LogP contribution in [0, 0.1) is 6.92 Å². The average Bonchev–Trinajstić information content (AvgIpc) is 2.86. The van der Waals surface area contributed by atoms with E-state index in [2.05, 4.69) is 9.97 Å². The van der Waals surface area contributed by atoms with Gasteiger partial charge in [-0.2, -0.15) is 0 Å². The van der Waals surface area contributed by atoms with Gasteiger partial charge in [0.2, 0.25) is 0 Å². The monoisotopic (exact) mass is 260 g/mol. The van der Waals surface area contributed by atoms with E-state index in [1.807, 2.05) is 13.0 Å². The highest BCUT2D eigenvalue weighted by Crippen LogP contribution is 2.35. The molecule has 0 fully saturated rings. The molecule has 0 saturated carbocycles. The van der Waals surface area contributed by atoms with Crippen LogP contribution in [-0.4, -0.2) is 30.0 Å². The van der Waals surface area contributed by atoms with Crippen molar-refractivity contribution in [1.29, 1.82) is 0 Å². The lowest BCUT2D eigenvalue weighted by molar-refractivity contribution is 0.100. The standard InChI is InChI=1S/C14H16N2O3/c1-8-5-10(18-3)6-12(19-4)13(8)11-7-15-14(16-11)9(2)17/h5-7H,1-4H3,(H,15,16). The van der Waals surface area contributed by atoms with Crippen molar-refractivity contribution >= 4 is 5.78 Å². The quantitative estimate of drug-likeness (QED) is 0.858. The van der Waals surface area contributed by atoms with Gasteiger partial charge in [0.1, 0.15) is 11.5 Å². The number of H-pyrrole nitrogens is 1. The molecule has 0 aliphatic heterocycles. The molecule has 1 aromatic heterocycles. The third-order valence-corrected chi connectivity index (χ3v) is 2.91. The Kier molecular flexibility index (Phi) is 3.55. The van der Waals surface area contributed by atoms with Crippen molar-refractivity contribution in [1.82, 2.24) is 9.97 Å². The van der Waals surface area contributed by atoms with Gasteiger partial charge >= 0.3 is 0 Å². The lowest BCUT2D eigenvalue weighted by Gasteiger charge is -2.12. The number of benzene rings is 1. The number of carbonyl (C=O) groups is 1. The summed E-state index contributed by atoms with van der Waals surface area (Å²) in [7, 11) is 3.21. The number of Topliss-reactive ketones (excluding diaryl/α,β-unsaturated/α-hetero) is 1. The molecule has 5 nitrogen and oxygen atoms in total. The van der Waals surface area contributed by atoms with Crippen LogP contribution in [0.4, 0.5) is 0 Å². The Morgan fingerprint density at radius 2 is 2.00 bits per heavy atom. The second-order valence-electron chi connectivity index (χ2n) is 4.22. The summed E-state index contributed by atoms with van der Waals surface area (Å²) < 4.78 is 10.6. The van der Waals surface area contributed by atoms with Crippen molar-refractivity contribution in [3.63, 3.8) is 0 Å². The van der Waals surface area contributed by atoms with E-state index < -0.39 is 0 Å². The van der Waals surface area contributed by atoms with Gasteiger partial charge < -0.3 is 14.5 Å². The van der Waals surface area contributed by atoms with Crippen molar-refractivity contribution in [3.05, 3.63) is 29.7 Å². The van der Waals surface area contributed by atoms with Crippen LogP contribution in [0.15, 0.2) is 18.3 Å². The zero-order chi connectivity index (χ0) is 14.0. The van der Waals surface area contributed by atoms with Gasteiger partial charge in [0.25, 0.3) is 0 Å². The van der Waals surface area contributed by atoms with Gasteiger partial charge in [0.05, 0.1) is 26.1 Å². The first-order chi connectivity index (χ1) is 9.06. The van der Waals surface area contributed by atoms with Gasteiger partial charge in [-0.25, -0.2) is 4.98 Å². The number of aromatic nitrogens is 2. The number of ketones is 1. The summed E-state index contributed by atoms with van der Waals surface area (Å²) >= 11 is 0. The van der Waals surface area contributed by atoms with Crippen LogP contribution in [-0.2, 0) is 0 Å². The smallest absolute Gasteiger partial charge is 0.194 e. The van der Waals surface area contributed by atoms with E-state index in [9.17, 15) is 4.79 Å². The molecule has 0 aliphatic carbocycles. The predicted molar refractivity (Wildman–Crippen MR) is 71.9 cm³/mol. The van der Waals surface area contributed by atoms with Crippen molar-refractivity contribution < 1.29 is 14.3 Å². The number of aryl methyl sites for hydroxylation is 1. The number of hydrogen-bond acceptors (Lipinski definition) is 4. The van der Waals surface area contributed by atoms with Crippen LogP contribution in [0.1, 0.15) is 23.1 Å². The number of imidazole rings is 1. The van der Waals surface area contributed by atoms with E-state index >= 15 is 0 Å². The van der Waals surface area contributed by atoms with Crippen LogP contribution in [0.2, 0.25) is 0 Å². The lowest BCUT2D eigenvalue weighted by atomic mass is 10.0. The summed E-state index contributed by atoms with van der Waals surface area (Å²) in [6, 6.07) is 3.71. The van der Waals surface area contributed by atoms with Crippen molar-refractivity contribution in [2.45, 2.75) is 13.8 Å². The average molecular weight is 260 g/mol. The first kappa shape index (κ1) is 13.1. The predicted octanol–water partition coefficient (Wildman–Crippen LogP) is 2.60. The van der Waals surface area contributed by atoms with Gasteiger partial charge in [0, 0.05) is 18.6 Å². The molecule has 1 heterocycles. The van der Waals surface area contributed by atoms with Gasteiger partial charge in [-0.15, -0.1) is 0 Å². The fourth-order valence-corrected chi connectivity index (χ4v) is 1.97. The van der Waals surface area contributed by atoms with E-state index in [4.69, 9.17) is 9.47 Å². The van der Waals surface area contributed by atoms with Crippen molar-refractivity contribution in [3.8, 4) is 22.8 Å². The SMILES string of the molecule is COc1cc(C)c(-c2cnc(C(C)=O)[nH]2)c(OC)c1. The third kappa shape index (κ3) is 2.45. The van der Waals surface area contributed by atoms with Crippen molar-refractivity contribution in [2.24, 2.45) is 0 Å². The Bertz CT molecular complexity index is 617. The van der Waals surface area contributed by atoms with E-state index in [-0.39, 0.29) is 5.78 Å². The number of nitrogens with zero attached hydrogens (tertiary/aromatic N) is 1. The fraction of sp³-hybridized carbons (Fsp3) is 0.286. The molecule has 5 heteroatoms. The Morgan fingerprint density at radius 1 is 1.26 bits per heavy atom. The molecular weight excluding hydrogens is 244 g/mol. The molecule has 0 bridgehead atoms. The first-order valence-electron chi connectivity index (χ1n) is 5.85. The van der Waals surface area contributed by atoms with Gasteiger partial charge in [-0.3, -0.25) is 4.79 Å². The Hall–Kier alpha value is -2.30. The molecule has 0 saturated heterocycles. The van der Waals surface area contributed by atoms with Gasteiger partial charge in [-0.05, 0) is 18.6 Å². The fourth-order valence-electron chi connectivity index (χ4n) is 1.97. The molecule has 2 rings (SSSR count). The molecule has 0 unspecified atom stereocenters. The number of carbonyl (C=O) groups excluding carboxylic acids is 1. The summed E-state index contributed by atoms with van der Waals surface area (Å²) in [6.07, 6.45) is 1.63. The van der Waals surface area contributed by atoms with Crippen LogP contribution in [0.25, 0.3) is 11.3 Å². The maximum atomic E-state index is 11.3. The maximum absolute atomic E-state index is 11.3. The Balaban J connectivity index is 2.56. The van der Waals surface area contributed by atoms with Crippen LogP contribution in [0.5, 0.6) is 11.5 Å². The normalized spacial score (nSPS) is 10.3. The minimum atomic E-state index is -0.101. The number of ether oxygens (including phenoxy) is 2. The Labute approximate surface area is 111 Å². The molecular formula is C14H16N2O3. The summed E-state index contributed by atoms with van der Waals surface area (Å²) in [5.74, 6) is 1.64. The van der Waals surface area contributed by atoms with E-state index in [0.717, 1.165) is 22.6 Å². The number of rotatable bonds is 4. The molecule has 100 valence electrons. The van der Waals surface area contributed by atoms with Gasteiger partial charge in [0.15, 0.2) is 11.6 Å². The van der Waals surface area contributed by atoms with E-state index in [1.54, 1.807) is 26.5 Å². The number of aromatic amines is 1.